The van der Waals surface area contributed by atoms with Crippen LogP contribution in [0.25, 0.3) is 0 Å². The molecular formula is C14H20FN3S. The first-order valence-electron chi connectivity index (χ1n) is 6.58. The van der Waals surface area contributed by atoms with Gasteiger partial charge in [-0.05, 0) is 51.0 Å². The molecule has 1 aliphatic heterocycles. The number of benzene rings is 1. The molecule has 0 aromatic heterocycles. The first kappa shape index (κ1) is 14.2. The Bertz CT molecular complexity index is 456. The summed E-state index contributed by atoms with van der Waals surface area (Å²) in [4.78, 5) is 2.43. The van der Waals surface area contributed by atoms with Crippen LogP contribution in [0.3, 0.4) is 0 Å². The van der Waals surface area contributed by atoms with Crippen molar-refractivity contribution in [3.8, 4) is 0 Å². The predicted molar refractivity (Wildman–Crippen MR) is 81.0 cm³/mol. The summed E-state index contributed by atoms with van der Waals surface area (Å²) >= 11 is 4.91. The summed E-state index contributed by atoms with van der Waals surface area (Å²) < 4.78 is 13.7. The third-order valence-corrected chi connectivity index (χ3v) is 3.88. The zero-order chi connectivity index (χ0) is 13.8. The fraction of sp³-hybridized carbons (Fsp3) is 0.500. The van der Waals surface area contributed by atoms with E-state index in [0.717, 1.165) is 19.6 Å². The van der Waals surface area contributed by atoms with Gasteiger partial charge in [-0.3, -0.25) is 0 Å². The SMILES string of the molecule is CN1CCC(CNc2cccc(F)c2C(N)=S)CC1. The molecule has 0 spiro atoms. The van der Waals surface area contributed by atoms with Gasteiger partial charge in [-0.2, -0.15) is 0 Å². The second-order valence-electron chi connectivity index (χ2n) is 5.15. The number of hydrogen-bond donors (Lipinski definition) is 2. The Morgan fingerprint density at radius 1 is 1.47 bits per heavy atom. The Morgan fingerprint density at radius 3 is 2.79 bits per heavy atom. The largest absolute Gasteiger partial charge is 0.389 e. The lowest BCUT2D eigenvalue weighted by Crippen LogP contribution is -2.33. The van der Waals surface area contributed by atoms with Crippen LogP contribution in [-0.4, -0.2) is 36.6 Å². The lowest BCUT2D eigenvalue weighted by Gasteiger charge is -2.29. The molecule has 0 radical (unpaired) electrons. The van der Waals surface area contributed by atoms with Crippen molar-refractivity contribution >= 4 is 22.9 Å². The number of likely N-dealkylation sites (tertiary alicyclic amines) is 1. The van der Waals surface area contributed by atoms with Gasteiger partial charge in [0.05, 0.1) is 5.56 Å². The number of piperidine rings is 1. The van der Waals surface area contributed by atoms with Crippen molar-refractivity contribution < 1.29 is 4.39 Å². The van der Waals surface area contributed by atoms with Crippen LogP contribution in [0.1, 0.15) is 18.4 Å². The summed E-state index contributed by atoms with van der Waals surface area (Å²) in [5, 5.41) is 3.29. The number of nitrogens with one attached hydrogen (secondary N) is 1. The molecule has 1 heterocycles. The quantitative estimate of drug-likeness (QED) is 0.830. The molecule has 19 heavy (non-hydrogen) atoms. The molecule has 1 aromatic rings. The molecule has 3 nitrogen and oxygen atoms in total. The molecule has 1 aliphatic rings. The van der Waals surface area contributed by atoms with E-state index in [-0.39, 0.29) is 10.8 Å². The molecular weight excluding hydrogens is 261 g/mol. The fourth-order valence-electron chi connectivity index (χ4n) is 2.44. The molecule has 104 valence electrons. The van der Waals surface area contributed by atoms with E-state index in [1.54, 1.807) is 6.07 Å². The van der Waals surface area contributed by atoms with E-state index in [0.29, 0.717) is 17.2 Å². The molecule has 1 fully saturated rings. The Labute approximate surface area is 119 Å². The van der Waals surface area contributed by atoms with Crippen LogP contribution in [0.2, 0.25) is 0 Å². The minimum Gasteiger partial charge on any atom is -0.389 e. The molecule has 0 aliphatic carbocycles. The van der Waals surface area contributed by atoms with Gasteiger partial charge >= 0.3 is 0 Å². The highest BCUT2D eigenvalue weighted by Crippen LogP contribution is 2.21. The van der Waals surface area contributed by atoms with Gasteiger partial charge in [0.1, 0.15) is 10.8 Å². The first-order chi connectivity index (χ1) is 9.08. The second-order valence-corrected chi connectivity index (χ2v) is 5.59. The van der Waals surface area contributed by atoms with E-state index < -0.39 is 0 Å². The average molecular weight is 281 g/mol. The molecule has 0 unspecified atom stereocenters. The van der Waals surface area contributed by atoms with Crippen molar-refractivity contribution in [1.29, 1.82) is 0 Å². The van der Waals surface area contributed by atoms with E-state index in [1.807, 2.05) is 6.07 Å². The van der Waals surface area contributed by atoms with Gasteiger partial charge in [-0.25, -0.2) is 4.39 Å². The zero-order valence-corrected chi connectivity index (χ0v) is 12.0. The van der Waals surface area contributed by atoms with Gasteiger partial charge < -0.3 is 16.0 Å². The minimum atomic E-state index is -0.360. The molecule has 0 amide bonds. The van der Waals surface area contributed by atoms with Crippen LogP contribution in [-0.2, 0) is 0 Å². The van der Waals surface area contributed by atoms with Crippen molar-refractivity contribution in [3.63, 3.8) is 0 Å². The van der Waals surface area contributed by atoms with E-state index in [1.165, 1.54) is 18.9 Å². The summed E-state index contributed by atoms with van der Waals surface area (Å²) in [6.07, 6.45) is 2.34. The molecule has 1 aromatic carbocycles. The number of nitrogens with zero attached hydrogens (tertiary/aromatic N) is 1. The highest BCUT2D eigenvalue weighted by atomic mass is 32.1. The second kappa shape index (κ2) is 6.30. The number of rotatable bonds is 4. The third kappa shape index (κ3) is 3.64. The maximum Gasteiger partial charge on any atom is 0.135 e. The Morgan fingerprint density at radius 2 is 2.16 bits per heavy atom. The van der Waals surface area contributed by atoms with Crippen LogP contribution in [0, 0.1) is 11.7 Å². The molecule has 0 bridgehead atoms. The molecule has 0 atom stereocenters. The maximum atomic E-state index is 13.7. The lowest BCUT2D eigenvalue weighted by molar-refractivity contribution is 0.226. The highest BCUT2D eigenvalue weighted by Gasteiger charge is 2.17. The highest BCUT2D eigenvalue weighted by molar-refractivity contribution is 7.80. The Hall–Kier alpha value is -1.20. The summed E-state index contributed by atoms with van der Waals surface area (Å²) in [5.74, 6) is 0.263. The predicted octanol–water partition coefficient (Wildman–Crippen LogP) is 2.21. The topological polar surface area (TPSA) is 41.3 Å². The number of nitrogens with two attached hydrogens (primary N) is 1. The smallest absolute Gasteiger partial charge is 0.135 e. The summed E-state index contributed by atoms with van der Waals surface area (Å²) in [6, 6.07) is 4.88. The number of halogens is 1. The van der Waals surface area contributed by atoms with Crippen LogP contribution in [0.5, 0.6) is 0 Å². The lowest BCUT2D eigenvalue weighted by atomic mass is 9.97. The molecule has 5 heteroatoms. The minimum absolute atomic E-state index is 0.101. The third-order valence-electron chi connectivity index (χ3n) is 3.68. The molecule has 3 N–H and O–H groups in total. The van der Waals surface area contributed by atoms with E-state index in [2.05, 4.69) is 17.3 Å². The van der Waals surface area contributed by atoms with Gasteiger partial charge in [-0.1, -0.05) is 18.3 Å². The van der Waals surface area contributed by atoms with Crippen LogP contribution < -0.4 is 11.1 Å². The Balaban J connectivity index is 2.00. The maximum absolute atomic E-state index is 13.7. The van der Waals surface area contributed by atoms with E-state index >= 15 is 0 Å². The molecule has 0 saturated carbocycles. The van der Waals surface area contributed by atoms with Crippen molar-refractivity contribution in [2.24, 2.45) is 11.7 Å². The van der Waals surface area contributed by atoms with Gasteiger partial charge in [0.15, 0.2) is 0 Å². The first-order valence-corrected chi connectivity index (χ1v) is 6.99. The van der Waals surface area contributed by atoms with Crippen LogP contribution in [0.15, 0.2) is 18.2 Å². The fourth-order valence-corrected chi connectivity index (χ4v) is 2.65. The van der Waals surface area contributed by atoms with Gasteiger partial charge in [0, 0.05) is 12.2 Å². The van der Waals surface area contributed by atoms with Crippen LogP contribution in [0.4, 0.5) is 10.1 Å². The van der Waals surface area contributed by atoms with Crippen molar-refractivity contribution in [1.82, 2.24) is 4.90 Å². The summed E-state index contributed by atoms with van der Waals surface area (Å²) in [6.45, 7) is 3.09. The van der Waals surface area contributed by atoms with Gasteiger partial charge in [0.25, 0.3) is 0 Å². The van der Waals surface area contributed by atoms with Crippen molar-refractivity contribution in [2.75, 3.05) is 32.0 Å². The summed E-state index contributed by atoms with van der Waals surface area (Å²) in [7, 11) is 2.14. The summed E-state index contributed by atoms with van der Waals surface area (Å²) in [5.41, 5.74) is 6.61. The van der Waals surface area contributed by atoms with Crippen molar-refractivity contribution in [3.05, 3.63) is 29.6 Å². The van der Waals surface area contributed by atoms with Gasteiger partial charge in [-0.15, -0.1) is 0 Å². The number of thiocarbonyl (C=S) groups is 1. The van der Waals surface area contributed by atoms with E-state index in [9.17, 15) is 4.39 Å². The normalized spacial score (nSPS) is 17.4. The van der Waals surface area contributed by atoms with Gasteiger partial charge in [0.2, 0.25) is 0 Å². The van der Waals surface area contributed by atoms with Crippen molar-refractivity contribution in [2.45, 2.75) is 12.8 Å². The van der Waals surface area contributed by atoms with Crippen LogP contribution >= 0.6 is 12.2 Å². The zero-order valence-electron chi connectivity index (χ0n) is 11.2. The van der Waals surface area contributed by atoms with E-state index in [4.69, 9.17) is 18.0 Å². The molecule has 2 rings (SSSR count). The monoisotopic (exact) mass is 281 g/mol. The number of anilines is 1. The Kier molecular flexibility index (Phi) is 4.71. The standard InChI is InChI=1S/C14H20FN3S/c1-18-7-5-10(6-8-18)9-17-12-4-2-3-11(15)13(12)14(16)19/h2-4,10,17H,5-9H2,1H3,(H2,16,19). The number of hydrogen-bond acceptors (Lipinski definition) is 3. The average Bonchev–Trinajstić information content (AvgIpc) is 2.37. The molecule has 1 saturated heterocycles.